The van der Waals surface area contributed by atoms with Crippen LogP contribution in [0.15, 0.2) is 60.9 Å². The molecule has 0 aliphatic heterocycles. The van der Waals surface area contributed by atoms with Crippen molar-refractivity contribution in [3.8, 4) is 0 Å². The number of primary amides is 1. The van der Waals surface area contributed by atoms with E-state index >= 15 is 0 Å². The Bertz CT molecular complexity index is 3070. The van der Waals surface area contributed by atoms with Crippen molar-refractivity contribution < 1.29 is 43.2 Å². The number of aromatic amines is 2. The van der Waals surface area contributed by atoms with Gasteiger partial charge in [0.1, 0.15) is 0 Å². The van der Waals surface area contributed by atoms with Gasteiger partial charge in [0, 0.05) is 140 Å². The molecule has 99 heavy (non-hydrogen) atoms. The molecule has 0 aliphatic carbocycles. The smallest absolute Gasteiger partial charge is 0.220 e. The first-order chi connectivity index (χ1) is 47.4. The van der Waals surface area contributed by atoms with Crippen LogP contribution in [-0.2, 0) is 56.0 Å². The number of H-pyrrole nitrogens is 2. The average molecular weight is 1380 g/mol. The topological polar surface area (TPSA) is 386 Å². The Labute approximate surface area is 589 Å². The van der Waals surface area contributed by atoms with E-state index in [-0.39, 0.29) is 159 Å². The molecule has 0 saturated carbocycles. The molecule has 4 rings (SSSR count). The molecule has 0 aliphatic rings. The second kappa shape index (κ2) is 46.9. The van der Waals surface area contributed by atoms with Gasteiger partial charge in [0.15, 0.2) is 0 Å². The number of aromatic nitrogens is 2. The molecule has 0 fully saturated rings. The van der Waals surface area contributed by atoms with E-state index < -0.39 is 18.0 Å². The molecule has 0 spiro atoms. The maximum absolute atomic E-state index is 14.1. The second-order valence-corrected chi connectivity index (χ2v) is 28.9. The summed E-state index contributed by atoms with van der Waals surface area (Å²) in [7, 11) is 0. The molecule has 0 saturated heterocycles. The molecule has 18 N–H and O–H groups in total. The Morgan fingerprint density at radius 2 is 0.626 bits per heavy atom. The van der Waals surface area contributed by atoms with Crippen LogP contribution in [0, 0.1) is 23.7 Å². The van der Waals surface area contributed by atoms with Crippen molar-refractivity contribution in [2.24, 2.45) is 46.6 Å². The molecule has 0 unspecified atom stereocenters. The highest BCUT2D eigenvalue weighted by molar-refractivity contribution is 5.85. The third kappa shape index (κ3) is 34.5. The van der Waals surface area contributed by atoms with E-state index in [0.29, 0.717) is 110 Å². The van der Waals surface area contributed by atoms with Gasteiger partial charge >= 0.3 is 0 Å². The van der Waals surface area contributed by atoms with E-state index in [1.807, 2.05) is 116 Å². The number of para-hydroxylation sites is 2. The number of unbranched alkanes of at least 4 members (excludes halogenated alkanes) is 3. The highest BCUT2D eigenvalue weighted by Gasteiger charge is 2.27. The SMILES string of the molecule is CC(C)CC(=O)N[C@H](CCC(=O)N[C@@H](CCCCN)CCC(=O)N[C@H](CCC(=O)N[C@H](CCC(=O)N[C@@H](CCCCN)CCC(=O)N[C@H](CCC(=O)N[C@@H](CCCCN)CCC(=O)N[C@H](CCC(N)=O)C(C)C)Cc1c[nH]c2ccccc12)C(C)C)Cc1c[nH]c2ccccc12)C(C)C. The van der Waals surface area contributed by atoms with Crippen molar-refractivity contribution in [1.82, 2.24) is 52.5 Å². The Kier molecular flexibility index (Phi) is 39.8. The molecular weight excluding hydrogens is 1250 g/mol. The van der Waals surface area contributed by atoms with Gasteiger partial charge in [0.05, 0.1) is 0 Å². The second-order valence-electron chi connectivity index (χ2n) is 28.9. The van der Waals surface area contributed by atoms with Gasteiger partial charge in [0.2, 0.25) is 53.2 Å². The average Bonchev–Trinajstić information content (AvgIpc) is 1.73. The van der Waals surface area contributed by atoms with Gasteiger partial charge < -0.3 is 75.4 Å². The van der Waals surface area contributed by atoms with Gasteiger partial charge in [-0.15, -0.1) is 0 Å². The summed E-state index contributed by atoms with van der Waals surface area (Å²) >= 11 is 0. The summed E-state index contributed by atoms with van der Waals surface area (Å²) in [5, 5.41) is 27.4. The minimum atomic E-state index is -0.421. The lowest BCUT2D eigenvalue weighted by atomic mass is 9.97. The first-order valence-corrected chi connectivity index (χ1v) is 37.2. The minimum absolute atomic E-state index is 0.00692. The zero-order chi connectivity index (χ0) is 72.7. The van der Waals surface area contributed by atoms with E-state index in [9.17, 15) is 43.2 Å². The van der Waals surface area contributed by atoms with Crippen molar-refractivity contribution >= 4 is 75.0 Å². The molecular formula is C76H126N14O9. The van der Waals surface area contributed by atoms with Gasteiger partial charge in [-0.25, -0.2) is 0 Å². The lowest BCUT2D eigenvalue weighted by Gasteiger charge is -2.25. The summed E-state index contributed by atoms with van der Waals surface area (Å²) < 4.78 is 0. The number of hydrogen-bond donors (Lipinski definition) is 14. The zero-order valence-electron chi connectivity index (χ0n) is 61.1. The lowest BCUT2D eigenvalue weighted by Crippen LogP contribution is -2.43. The predicted octanol–water partition coefficient (Wildman–Crippen LogP) is 8.44. The number of carbonyl (C=O) groups excluding carboxylic acids is 9. The first-order valence-electron chi connectivity index (χ1n) is 37.2. The van der Waals surface area contributed by atoms with Crippen molar-refractivity contribution in [3.63, 3.8) is 0 Å². The largest absolute Gasteiger partial charge is 0.370 e. The number of amides is 9. The standard InChI is InChI=1S/C76H126N14O9/c1-50(2)45-76(99)90-65(53(7)8)33-41-73(96)85-57(20-14-17-43-78)27-36-71(94)87-60(47-55-49-82-67-25-12-10-23-62(55)67)30-39-75(98)89-64(52(5)6)32-40-72(95)84-56(19-13-16-42-77)26-35-70(93)86-59(46-54-48-81-66-24-11-9-22-61(54)66)29-38-69(92)83-58(21-15-18-44-79)28-37-74(97)88-63(51(3)4)31-34-68(80)91/h9-12,22-25,48-53,56-60,63-65,81-82H,13-21,26-47,77-79H2,1-8H3,(H2,80,91)(H,83,92)(H,84,95)(H,85,96)(H,86,93)(H,87,94)(H,88,97)(H,89,98)(H,90,99)/t56-,57-,58-,59+,60+,63+,64+,65+/m0/s1. The number of nitrogens with two attached hydrogens (primary N) is 4. The number of carbonyl (C=O) groups is 9. The molecule has 23 heteroatoms. The summed E-state index contributed by atoms with van der Waals surface area (Å²) in [4.78, 5) is 127. The van der Waals surface area contributed by atoms with E-state index in [0.717, 1.165) is 71.5 Å². The minimum Gasteiger partial charge on any atom is -0.370 e. The fourth-order valence-corrected chi connectivity index (χ4v) is 12.9. The number of benzene rings is 2. The predicted molar refractivity (Wildman–Crippen MR) is 395 cm³/mol. The van der Waals surface area contributed by atoms with Crippen molar-refractivity contribution in [2.75, 3.05) is 19.6 Å². The van der Waals surface area contributed by atoms with Crippen LogP contribution in [0.3, 0.4) is 0 Å². The molecule has 9 amide bonds. The van der Waals surface area contributed by atoms with Gasteiger partial charge in [-0.3, -0.25) is 43.2 Å². The van der Waals surface area contributed by atoms with Crippen molar-refractivity contribution in [2.45, 2.75) is 284 Å². The summed E-state index contributed by atoms with van der Waals surface area (Å²) in [6.07, 6.45) is 16.3. The molecule has 2 aromatic heterocycles. The van der Waals surface area contributed by atoms with Crippen molar-refractivity contribution in [3.05, 3.63) is 72.1 Å². The number of hydrogen-bond acceptors (Lipinski definition) is 12. The number of rotatable bonds is 53. The Morgan fingerprint density at radius 1 is 0.343 bits per heavy atom. The third-order valence-electron chi connectivity index (χ3n) is 18.8. The first kappa shape index (κ1) is 84.0. The molecule has 2 aromatic carbocycles. The summed E-state index contributed by atoms with van der Waals surface area (Å²) in [6.45, 7) is 17.5. The van der Waals surface area contributed by atoms with Crippen LogP contribution >= 0.6 is 0 Å². The molecule has 2 heterocycles. The number of nitrogens with one attached hydrogen (secondary N) is 10. The van der Waals surface area contributed by atoms with Crippen LogP contribution < -0.4 is 65.5 Å². The fraction of sp³-hybridized carbons (Fsp3) is 0.671. The summed E-state index contributed by atoms with van der Waals surface area (Å²) in [5.74, 6) is -1.22. The maximum atomic E-state index is 14.1. The normalized spacial score (nSPS) is 14.1. The van der Waals surface area contributed by atoms with Crippen LogP contribution in [0.1, 0.15) is 233 Å². The maximum Gasteiger partial charge on any atom is 0.220 e. The monoisotopic (exact) mass is 1380 g/mol. The van der Waals surface area contributed by atoms with Gasteiger partial charge in [-0.1, -0.05) is 111 Å². The molecule has 4 aromatic rings. The molecule has 0 bridgehead atoms. The zero-order valence-corrected chi connectivity index (χ0v) is 61.1. The van der Waals surface area contributed by atoms with Crippen LogP contribution in [-0.4, -0.2) is 131 Å². The highest BCUT2D eigenvalue weighted by Crippen LogP contribution is 2.24. The highest BCUT2D eigenvalue weighted by atomic mass is 16.2. The molecule has 8 atom stereocenters. The van der Waals surface area contributed by atoms with Crippen LogP contribution in [0.2, 0.25) is 0 Å². The summed E-state index contributed by atoms with van der Waals surface area (Å²) in [6, 6.07) is 13.6. The van der Waals surface area contributed by atoms with Crippen LogP contribution in [0.5, 0.6) is 0 Å². The fourth-order valence-electron chi connectivity index (χ4n) is 12.9. The quantitative estimate of drug-likeness (QED) is 0.0185. The lowest BCUT2D eigenvalue weighted by molar-refractivity contribution is -0.125. The Balaban J connectivity index is 1.37. The Hall–Kier alpha value is -7.37. The third-order valence-corrected chi connectivity index (χ3v) is 18.8. The van der Waals surface area contributed by atoms with Crippen LogP contribution in [0.4, 0.5) is 0 Å². The van der Waals surface area contributed by atoms with E-state index in [4.69, 9.17) is 22.9 Å². The van der Waals surface area contributed by atoms with Crippen LogP contribution in [0.25, 0.3) is 21.8 Å². The molecule has 23 nitrogen and oxygen atoms in total. The molecule has 554 valence electrons. The Morgan fingerprint density at radius 3 is 0.939 bits per heavy atom. The van der Waals surface area contributed by atoms with E-state index in [1.54, 1.807) is 0 Å². The van der Waals surface area contributed by atoms with Gasteiger partial charge in [-0.2, -0.15) is 0 Å². The number of fused-ring (bicyclic) bond motifs is 2. The van der Waals surface area contributed by atoms with Crippen molar-refractivity contribution in [1.29, 1.82) is 0 Å². The molecule has 0 radical (unpaired) electrons. The van der Waals surface area contributed by atoms with Gasteiger partial charge in [-0.05, 0) is 169 Å². The van der Waals surface area contributed by atoms with Gasteiger partial charge in [0.25, 0.3) is 0 Å². The van der Waals surface area contributed by atoms with E-state index in [2.05, 4.69) is 52.5 Å². The van der Waals surface area contributed by atoms with E-state index in [1.165, 1.54) is 0 Å². The summed E-state index contributed by atoms with van der Waals surface area (Å²) in [5.41, 5.74) is 26.9.